The number of hydrogen-bond donors (Lipinski definition) is 2. The molecule has 8 heteroatoms. The molecule has 0 unspecified atom stereocenters. The van der Waals surface area contributed by atoms with Crippen molar-refractivity contribution in [3.05, 3.63) is 36.5 Å². The van der Waals surface area contributed by atoms with E-state index in [4.69, 9.17) is 4.42 Å². The Morgan fingerprint density at radius 3 is 2.58 bits per heavy atom. The third-order valence-electron chi connectivity index (χ3n) is 3.80. The number of nitrogens with zero attached hydrogens (tertiary/aromatic N) is 2. The van der Waals surface area contributed by atoms with Crippen molar-refractivity contribution in [2.75, 3.05) is 17.1 Å². The topological polar surface area (TPSA) is 104 Å². The first-order valence-electron chi connectivity index (χ1n) is 7.22. The molecule has 0 saturated heterocycles. The van der Waals surface area contributed by atoms with Crippen molar-refractivity contribution in [1.29, 1.82) is 0 Å². The molecule has 7 nitrogen and oxygen atoms in total. The minimum atomic E-state index is -3.65. The molecule has 0 spiro atoms. The fourth-order valence-corrected chi connectivity index (χ4v) is 3.18. The van der Waals surface area contributed by atoms with Crippen LogP contribution in [0.25, 0.3) is 22.2 Å². The lowest BCUT2D eigenvalue weighted by molar-refractivity contribution is 0.409. The van der Waals surface area contributed by atoms with Crippen LogP contribution in [0.5, 0.6) is 11.5 Å². The molecule has 0 saturated carbocycles. The quantitative estimate of drug-likeness (QED) is 0.751. The number of furan rings is 1. The average Bonchev–Trinajstić information content (AvgIpc) is 2.89. The summed E-state index contributed by atoms with van der Waals surface area (Å²) in [6.07, 6.45) is 1.54. The van der Waals surface area contributed by atoms with Gasteiger partial charge < -0.3 is 14.6 Å². The zero-order valence-corrected chi connectivity index (χ0v) is 13.9. The van der Waals surface area contributed by atoms with Crippen molar-refractivity contribution in [2.45, 2.75) is 6.92 Å². The lowest BCUT2D eigenvalue weighted by Gasteiger charge is -2.15. The van der Waals surface area contributed by atoms with E-state index in [0.717, 1.165) is 4.31 Å². The van der Waals surface area contributed by atoms with Crippen LogP contribution in [0.3, 0.4) is 0 Å². The lowest BCUT2D eigenvalue weighted by atomic mass is 10.1. The van der Waals surface area contributed by atoms with Gasteiger partial charge in [0.05, 0.1) is 11.3 Å². The van der Waals surface area contributed by atoms with Crippen molar-refractivity contribution in [3.8, 4) is 22.8 Å². The maximum absolute atomic E-state index is 12.0. The summed E-state index contributed by atoms with van der Waals surface area (Å²) < 4.78 is 30.3. The third kappa shape index (κ3) is 2.44. The number of rotatable bonds is 4. The van der Waals surface area contributed by atoms with E-state index in [1.54, 1.807) is 24.4 Å². The molecular formula is C16H16N2O5S. The maximum Gasteiger partial charge on any atom is 0.256 e. The highest BCUT2D eigenvalue weighted by molar-refractivity contribution is 7.92. The van der Waals surface area contributed by atoms with E-state index in [1.807, 2.05) is 12.1 Å². The number of anilines is 1. The van der Waals surface area contributed by atoms with Crippen molar-refractivity contribution in [3.63, 3.8) is 0 Å². The second-order valence-corrected chi connectivity index (χ2v) is 7.47. The summed E-state index contributed by atoms with van der Waals surface area (Å²) in [7, 11) is -2.39. The highest BCUT2D eigenvalue weighted by Gasteiger charge is 2.29. The lowest BCUT2D eigenvalue weighted by Crippen LogP contribution is -2.27. The van der Waals surface area contributed by atoms with Crippen molar-refractivity contribution in [2.24, 2.45) is 0 Å². The first-order valence-corrected chi connectivity index (χ1v) is 8.83. The number of para-hydroxylation sites is 1. The predicted molar refractivity (Wildman–Crippen MR) is 90.6 cm³/mol. The van der Waals surface area contributed by atoms with Crippen molar-refractivity contribution < 1.29 is 23.0 Å². The number of aromatic nitrogens is 1. The van der Waals surface area contributed by atoms with Crippen LogP contribution in [0.4, 0.5) is 5.88 Å². The van der Waals surface area contributed by atoms with Crippen LogP contribution in [-0.4, -0.2) is 36.4 Å². The first kappa shape index (κ1) is 16.1. The van der Waals surface area contributed by atoms with Crippen LogP contribution in [0, 0.1) is 0 Å². The van der Waals surface area contributed by atoms with E-state index < -0.39 is 21.5 Å². The number of pyridine rings is 1. The minimum absolute atomic E-state index is 0.0146. The first-order chi connectivity index (χ1) is 11.4. The van der Waals surface area contributed by atoms with Gasteiger partial charge in [-0.3, -0.25) is 4.98 Å². The molecule has 126 valence electrons. The normalized spacial score (nSPS) is 11.8. The summed E-state index contributed by atoms with van der Waals surface area (Å²) in [5.41, 5.74) is 1.18. The second kappa shape index (κ2) is 5.72. The van der Waals surface area contributed by atoms with Crippen LogP contribution in [0.1, 0.15) is 6.92 Å². The minimum Gasteiger partial charge on any atom is -0.502 e. The summed E-state index contributed by atoms with van der Waals surface area (Å²) >= 11 is 0. The van der Waals surface area contributed by atoms with E-state index in [2.05, 4.69) is 4.98 Å². The summed E-state index contributed by atoms with van der Waals surface area (Å²) in [4.78, 5) is 4.22. The van der Waals surface area contributed by atoms with Crippen LogP contribution in [0.15, 0.2) is 40.9 Å². The number of fused-ring (bicyclic) bond motifs is 1. The predicted octanol–water partition coefficient (Wildman–Crippen LogP) is 2.69. The molecule has 0 bridgehead atoms. The molecule has 0 aliphatic carbocycles. The van der Waals surface area contributed by atoms with Crippen molar-refractivity contribution in [1.82, 2.24) is 4.98 Å². The van der Waals surface area contributed by atoms with Crippen LogP contribution in [-0.2, 0) is 10.0 Å². The number of benzene rings is 1. The molecule has 3 aromatic rings. The van der Waals surface area contributed by atoms with E-state index in [1.165, 1.54) is 14.0 Å². The molecule has 0 atom stereocenters. The van der Waals surface area contributed by atoms with Crippen LogP contribution in [0.2, 0.25) is 0 Å². The Morgan fingerprint density at radius 1 is 1.17 bits per heavy atom. The molecule has 2 aromatic heterocycles. The van der Waals surface area contributed by atoms with Gasteiger partial charge in [0.2, 0.25) is 21.5 Å². The monoisotopic (exact) mass is 348 g/mol. The maximum atomic E-state index is 12.0. The average molecular weight is 348 g/mol. The molecule has 0 radical (unpaired) electrons. The van der Waals surface area contributed by atoms with Crippen molar-refractivity contribution >= 4 is 26.8 Å². The summed E-state index contributed by atoms with van der Waals surface area (Å²) in [6, 6.07) is 8.85. The molecule has 0 aliphatic rings. The molecule has 2 heterocycles. The third-order valence-corrected chi connectivity index (χ3v) is 5.53. The summed E-state index contributed by atoms with van der Waals surface area (Å²) in [6.45, 7) is 1.48. The Labute approximate surface area is 138 Å². The molecule has 3 rings (SSSR count). The van der Waals surface area contributed by atoms with Gasteiger partial charge >= 0.3 is 0 Å². The highest BCUT2D eigenvalue weighted by atomic mass is 32.2. The zero-order chi connectivity index (χ0) is 17.5. The van der Waals surface area contributed by atoms with Gasteiger partial charge in [0, 0.05) is 24.2 Å². The van der Waals surface area contributed by atoms with E-state index in [0.29, 0.717) is 16.5 Å². The van der Waals surface area contributed by atoms with Gasteiger partial charge in [0.1, 0.15) is 0 Å². The van der Waals surface area contributed by atoms with Gasteiger partial charge in [0.15, 0.2) is 5.76 Å². The van der Waals surface area contributed by atoms with Crippen LogP contribution < -0.4 is 4.31 Å². The number of hydrogen-bond acceptors (Lipinski definition) is 6. The second-order valence-electron chi connectivity index (χ2n) is 5.18. The molecule has 2 N–H and O–H groups in total. The van der Waals surface area contributed by atoms with Gasteiger partial charge in [-0.1, -0.05) is 18.2 Å². The largest absolute Gasteiger partial charge is 0.502 e. The molecule has 1 aromatic carbocycles. The number of aromatic hydroxyl groups is 2. The Morgan fingerprint density at radius 2 is 1.88 bits per heavy atom. The standard InChI is InChI=1S/C16H16N2O5S/c1-3-24(21,22)18(2)16-14(20)13(19)15(23-16)11-8-9-17-12-7-5-4-6-10(11)12/h4-9,19-20H,3H2,1-2H3. The van der Waals surface area contributed by atoms with Crippen LogP contribution >= 0.6 is 0 Å². The molecular weight excluding hydrogens is 332 g/mol. The fourth-order valence-electron chi connectivity index (χ4n) is 2.41. The van der Waals surface area contributed by atoms with Gasteiger partial charge in [-0.05, 0) is 19.1 Å². The summed E-state index contributed by atoms with van der Waals surface area (Å²) in [5, 5.41) is 21.1. The molecule has 24 heavy (non-hydrogen) atoms. The highest BCUT2D eigenvalue weighted by Crippen LogP contribution is 2.48. The van der Waals surface area contributed by atoms with Gasteiger partial charge in [-0.25, -0.2) is 12.7 Å². The van der Waals surface area contributed by atoms with Gasteiger partial charge in [0.25, 0.3) is 5.88 Å². The number of sulfonamides is 1. The SMILES string of the molecule is CCS(=O)(=O)N(C)c1oc(-c2ccnc3ccccc23)c(O)c1O. The Kier molecular flexibility index (Phi) is 3.84. The molecule has 0 fully saturated rings. The Bertz CT molecular complexity index is 1010. The van der Waals surface area contributed by atoms with Gasteiger partial charge in [-0.15, -0.1) is 0 Å². The zero-order valence-electron chi connectivity index (χ0n) is 13.1. The Balaban J connectivity index is 2.22. The van der Waals surface area contributed by atoms with E-state index in [9.17, 15) is 18.6 Å². The van der Waals surface area contributed by atoms with E-state index in [-0.39, 0.29) is 17.4 Å². The fraction of sp³-hybridized carbons (Fsp3) is 0.188. The van der Waals surface area contributed by atoms with Gasteiger partial charge in [-0.2, -0.15) is 0 Å². The Hall–Kier alpha value is -2.74. The smallest absolute Gasteiger partial charge is 0.256 e. The summed E-state index contributed by atoms with van der Waals surface area (Å²) in [5.74, 6) is -1.65. The van der Waals surface area contributed by atoms with E-state index >= 15 is 0 Å². The molecule has 0 aliphatic heterocycles. The molecule has 0 amide bonds.